The first-order valence-electron chi connectivity index (χ1n) is 7.72. The fraction of sp³-hybridized carbons (Fsp3) is 0.111. The lowest BCUT2D eigenvalue weighted by molar-refractivity contribution is -0.147. The number of esters is 1. The first-order valence-corrected chi connectivity index (χ1v) is 9.31. The van der Waals surface area contributed by atoms with E-state index in [0.717, 1.165) is 9.37 Å². The van der Waals surface area contributed by atoms with E-state index in [0.29, 0.717) is 10.2 Å². The molecule has 138 valence electrons. The summed E-state index contributed by atoms with van der Waals surface area (Å²) in [6, 6.07) is 11.5. The number of fused-ring (bicyclic) bond motifs is 1. The van der Waals surface area contributed by atoms with Gasteiger partial charge >= 0.3 is 5.97 Å². The minimum Gasteiger partial charge on any atom is -0.454 e. The second kappa shape index (κ2) is 8.01. The second-order valence-electron chi connectivity index (χ2n) is 5.58. The van der Waals surface area contributed by atoms with Crippen molar-refractivity contribution in [3.63, 3.8) is 0 Å². The molecule has 0 radical (unpaired) electrons. The molecule has 0 unspecified atom stereocenters. The van der Waals surface area contributed by atoms with Gasteiger partial charge in [0.1, 0.15) is 6.54 Å². The Morgan fingerprint density at radius 1 is 1.00 bits per heavy atom. The van der Waals surface area contributed by atoms with E-state index in [1.165, 1.54) is 12.1 Å². The van der Waals surface area contributed by atoms with Gasteiger partial charge in [-0.05, 0) is 46.3 Å². The molecule has 0 saturated carbocycles. The van der Waals surface area contributed by atoms with Gasteiger partial charge < -0.3 is 10.1 Å². The van der Waals surface area contributed by atoms with Crippen LogP contribution in [0.25, 0.3) is 0 Å². The molecule has 0 atom stereocenters. The van der Waals surface area contributed by atoms with Gasteiger partial charge in [-0.2, -0.15) is 0 Å². The molecule has 3 rings (SSSR count). The Hall–Kier alpha value is -2.52. The number of ether oxygens (including phenoxy) is 1. The summed E-state index contributed by atoms with van der Waals surface area (Å²) in [7, 11) is 0. The number of carbonyl (C=O) groups excluding carboxylic acids is 4. The zero-order valence-electron chi connectivity index (χ0n) is 13.7. The van der Waals surface area contributed by atoms with Gasteiger partial charge in [0.25, 0.3) is 17.7 Å². The molecule has 0 aromatic heterocycles. The number of hydrogen-bond donors (Lipinski definition) is 1. The van der Waals surface area contributed by atoms with Gasteiger partial charge in [0, 0.05) is 8.95 Å². The van der Waals surface area contributed by atoms with Crippen molar-refractivity contribution in [2.75, 3.05) is 18.5 Å². The third kappa shape index (κ3) is 4.25. The largest absolute Gasteiger partial charge is 0.454 e. The summed E-state index contributed by atoms with van der Waals surface area (Å²) in [6.45, 7) is -1.09. The third-order valence-corrected chi connectivity index (χ3v) is 4.88. The number of rotatable bonds is 5. The zero-order valence-corrected chi connectivity index (χ0v) is 16.9. The molecule has 9 heteroatoms. The summed E-state index contributed by atoms with van der Waals surface area (Å²) in [5.74, 6) is -2.52. The SMILES string of the molecule is O=C(COC(=O)CN1C(=O)c2ccccc2C1=O)Nc1ccc(Br)cc1Br. The molecule has 2 aromatic rings. The highest BCUT2D eigenvalue weighted by Crippen LogP contribution is 2.26. The third-order valence-electron chi connectivity index (χ3n) is 3.73. The summed E-state index contributed by atoms with van der Waals surface area (Å²) < 4.78 is 6.36. The number of anilines is 1. The van der Waals surface area contributed by atoms with Crippen molar-refractivity contribution < 1.29 is 23.9 Å². The van der Waals surface area contributed by atoms with Crippen LogP contribution in [-0.4, -0.2) is 41.7 Å². The van der Waals surface area contributed by atoms with Crippen LogP contribution >= 0.6 is 31.9 Å². The lowest BCUT2D eigenvalue weighted by Gasteiger charge is -2.13. The Balaban J connectivity index is 1.54. The number of hydrogen-bond acceptors (Lipinski definition) is 5. The van der Waals surface area contributed by atoms with Crippen LogP contribution in [-0.2, 0) is 14.3 Å². The van der Waals surface area contributed by atoms with Crippen molar-refractivity contribution in [2.24, 2.45) is 0 Å². The van der Waals surface area contributed by atoms with E-state index in [1.54, 1.807) is 30.3 Å². The van der Waals surface area contributed by atoms with Gasteiger partial charge in [-0.25, -0.2) is 0 Å². The van der Waals surface area contributed by atoms with Crippen molar-refractivity contribution in [2.45, 2.75) is 0 Å². The molecule has 7 nitrogen and oxygen atoms in total. The Kier molecular flexibility index (Phi) is 5.71. The standard InChI is InChI=1S/C18H12Br2N2O5/c19-10-5-6-14(13(20)7-10)21-15(23)9-27-16(24)8-22-17(25)11-3-1-2-4-12(11)18(22)26/h1-7H,8-9H2,(H,21,23). The number of nitrogens with one attached hydrogen (secondary N) is 1. The molecule has 27 heavy (non-hydrogen) atoms. The maximum atomic E-state index is 12.2. The van der Waals surface area contributed by atoms with E-state index >= 15 is 0 Å². The summed E-state index contributed by atoms with van der Waals surface area (Å²) in [5, 5.41) is 2.59. The van der Waals surface area contributed by atoms with Gasteiger partial charge in [-0.3, -0.25) is 24.1 Å². The molecule has 1 N–H and O–H groups in total. The van der Waals surface area contributed by atoms with Crippen LogP contribution < -0.4 is 5.32 Å². The Morgan fingerprint density at radius 2 is 1.63 bits per heavy atom. The molecule has 0 aliphatic carbocycles. The topological polar surface area (TPSA) is 92.8 Å². The van der Waals surface area contributed by atoms with E-state index in [9.17, 15) is 19.2 Å². The average Bonchev–Trinajstić information content (AvgIpc) is 2.88. The van der Waals surface area contributed by atoms with Gasteiger partial charge in [0.2, 0.25) is 0 Å². The zero-order chi connectivity index (χ0) is 19.6. The van der Waals surface area contributed by atoms with Crippen LogP contribution in [0.3, 0.4) is 0 Å². The highest BCUT2D eigenvalue weighted by molar-refractivity contribution is 9.11. The minimum absolute atomic E-state index is 0.244. The summed E-state index contributed by atoms with van der Waals surface area (Å²) in [6.07, 6.45) is 0. The van der Waals surface area contributed by atoms with Crippen molar-refractivity contribution in [1.82, 2.24) is 4.90 Å². The van der Waals surface area contributed by atoms with Crippen LogP contribution in [0.1, 0.15) is 20.7 Å². The fourth-order valence-electron chi connectivity index (χ4n) is 2.48. The van der Waals surface area contributed by atoms with Gasteiger partial charge in [-0.15, -0.1) is 0 Å². The number of amides is 3. The Morgan fingerprint density at radius 3 is 2.22 bits per heavy atom. The van der Waals surface area contributed by atoms with Crippen LogP contribution in [0.4, 0.5) is 5.69 Å². The molecule has 1 aliphatic rings. The minimum atomic E-state index is -0.852. The van der Waals surface area contributed by atoms with Gasteiger partial charge in [-0.1, -0.05) is 28.1 Å². The quantitative estimate of drug-likeness (QED) is 0.508. The molecular formula is C18H12Br2N2O5. The Bertz CT molecular complexity index is 926. The molecule has 0 spiro atoms. The number of nitrogens with zero attached hydrogens (tertiary/aromatic N) is 1. The normalized spacial score (nSPS) is 12.7. The maximum absolute atomic E-state index is 12.2. The van der Waals surface area contributed by atoms with E-state index in [1.807, 2.05) is 0 Å². The second-order valence-corrected chi connectivity index (χ2v) is 7.35. The van der Waals surface area contributed by atoms with E-state index < -0.39 is 36.8 Å². The molecule has 1 aliphatic heterocycles. The van der Waals surface area contributed by atoms with Gasteiger partial charge in [0.05, 0.1) is 16.8 Å². The number of halogens is 2. The van der Waals surface area contributed by atoms with Crippen LogP contribution in [0.15, 0.2) is 51.4 Å². The molecule has 0 saturated heterocycles. The summed E-state index contributed by atoms with van der Waals surface area (Å²) in [5.41, 5.74) is 1.00. The van der Waals surface area contributed by atoms with E-state index in [4.69, 9.17) is 4.74 Å². The monoisotopic (exact) mass is 494 g/mol. The number of benzene rings is 2. The predicted molar refractivity (Wildman–Crippen MR) is 103 cm³/mol. The maximum Gasteiger partial charge on any atom is 0.326 e. The number of imide groups is 1. The van der Waals surface area contributed by atoms with Crippen LogP contribution in [0.5, 0.6) is 0 Å². The summed E-state index contributed by atoms with van der Waals surface area (Å²) in [4.78, 5) is 49.1. The highest BCUT2D eigenvalue weighted by atomic mass is 79.9. The van der Waals surface area contributed by atoms with Crippen LogP contribution in [0, 0.1) is 0 Å². The lowest BCUT2D eigenvalue weighted by atomic mass is 10.1. The van der Waals surface area contributed by atoms with Crippen molar-refractivity contribution in [3.8, 4) is 0 Å². The van der Waals surface area contributed by atoms with Crippen molar-refractivity contribution >= 4 is 61.2 Å². The van der Waals surface area contributed by atoms with Crippen LogP contribution in [0.2, 0.25) is 0 Å². The molecule has 2 aromatic carbocycles. The van der Waals surface area contributed by atoms with E-state index in [-0.39, 0.29) is 11.1 Å². The summed E-state index contributed by atoms with van der Waals surface area (Å²) >= 11 is 6.61. The number of carbonyl (C=O) groups is 4. The molecule has 1 heterocycles. The first-order chi connectivity index (χ1) is 12.9. The molecule has 0 fully saturated rings. The van der Waals surface area contributed by atoms with Crippen molar-refractivity contribution in [1.29, 1.82) is 0 Å². The molecule has 0 bridgehead atoms. The predicted octanol–water partition coefficient (Wildman–Crippen LogP) is 2.99. The molecular weight excluding hydrogens is 484 g/mol. The first kappa shape index (κ1) is 19.2. The molecule has 3 amide bonds. The average molecular weight is 496 g/mol. The Labute approximate surface area is 170 Å². The lowest BCUT2D eigenvalue weighted by Crippen LogP contribution is -2.36. The van der Waals surface area contributed by atoms with E-state index in [2.05, 4.69) is 37.2 Å². The highest BCUT2D eigenvalue weighted by Gasteiger charge is 2.36. The van der Waals surface area contributed by atoms with Crippen molar-refractivity contribution in [3.05, 3.63) is 62.5 Å². The van der Waals surface area contributed by atoms with Gasteiger partial charge in [0.15, 0.2) is 6.61 Å². The fourth-order valence-corrected chi connectivity index (χ4v) is 3.63. The smallest absolute Gasteiger partial charge is 0.326 e.